The molecule has 0 atom stereocenters. The maximum Gasteiger partial charge on any atom is 0.330 e. The van der Waals surface area contributed by atoms with Crippen molar-refractivity contribution < 1.29 is 25.2 Å². The molecule has 0 saturated heterocycles. The van der Waals surface area contributed by atoms with Crippen molar-refractivity contribution in [3.63, 3.8) is 0 Å². The van der Waals surface area contributed by atoms with Gasteiger partial charge in [0.2, 0.25) is 0 Å². The van der Waals surface area contributed by atoms with Crippen LogP contribution in [-0.2, 0) is 14.3 Å². The molecule has 70 valence electrons. The van der Waals surface area contributed by atoms with Gasteiger partial charge in [0.1, 0.15) is 6.61 Å². The van der Waals surface area contributed by atoms with Crippen molar-refractivity contribution in [2.75, 3.05) is 20.9 Å². The Morgan fingerprint density at radius 1 is 1.67 bits per heavy atom. The topological polar surface area (TPSA) is 63.6 Å². The van der Waals surface area contributed by atoms with E-state index < -0.39 is 25.5 Å². The van der Waals surface area contributed by atoms with Crippen LogP contribution in [-0.4, -0.2) is 37.7 Å². The number of halogens is 1. The summed E-state index contributed by atoms with van der Waals surface area (Å²) in [5, 5.41) is 8.17. The Labute approximate surface area is 71.0 Å². The fourth-order valence-corrected chi connectivity index (χ4v) is 0.282. The minimum atomic E-state index is -1.00. The maximum absolute atomic E-state index is 10.3. The molecule has 0 aliphatic heterocycles. The van der Waals surface area contributed by atoms with Gasteiger partial charge >= 0.3 is 5.97 Å². The molecule has 0 heterocycles. The molecule has 4 nitrogen and oxygen atoms in total. The lowest BCUT2D eigenvalue weighted by Gasteiger charge is -1.87. The molecule has 0 rings (SSSR count). The number of ketones is 1. The van der Waals surface area contributed by atoms with Crippen molar-refractivity contribution in [1.29, 1.82) is 0 Å². The molecule has 0 saturated carbocycles. The average Bonchev–Trinajstić information content (AvgIpc) is 2.14. The molecule has 0 aliphatic carbocycles. The molecule has 0 bridgehead atoms. The summed E-state index contributed by atoms with van der Waals surface area (Å²) >= 11 is 0. The zero-order valence-corrected chi connectivity index (χ0v) is 6.62. The third-order valence-corrected chi connectivity index (χ3v) is 0.762. The van der Waals surface area contributed by atoms with Crippen LogP contribution in [0.4, 0.5) is 4.39 Å². The fraction of sp³-hybridized carbons (Fsp3) is 0.429. The molecule has 0 amide bonds. The second-order valence-electron chi connectivity index (χ2n) is 1.48. The van der Waals surface area contributed by atoms with E-state index in [-0.39, 0.29) is 0 Å². The number of hydrogen-bond donors (Lipinski definition) is 1. The average molecular weight is 179 g/mol. The Balaban J connectivity index is 0. The van der Waals surface area contributed by atoms with Gasteiger partial charge in [-0.3, -0.25) is 9.18 Å². The molecule has 5 heteroatoms. The lowest BCUT2D eigenvalue weighted by atomic mass is 10.4. The highest BCUT2D eigenvalue weighted by Crippen LogP contribution is 1.78. The van der Waals surface area contributed by atoms with E-state index in [1.54, 1.807) is 0 Å². The van der Waals surface area contributed by atoms with Crippen LogP contribution >= 0.6 is 0 Å². The number of carbonyl (C=O) groups is 2. The molecule has 0 aromatic rings. The smallest absolute Gasteiger partial charge is 0.330 e. The number of aliphatic hydroxyl groups is 1. The highest BCUT2D eigenvalue weighted by atomic mass is 19.1. The third kappa shape index (κ3) is 8.77. The van der Waals surface area contributed by atoms with Crippen molar-refractivity contribution in [2.24, 2.45) is 0 Å². The Morgan fingerprint density at radius 2 is 2.17 bits per heavy atom. The maximum atomic E-state index is 10.3. The Morgan fingerprint density at radius 3 is 2.50 bits per heavy atom. The number of esters is 1. The normalized spacial score (nSPS) is 9.75. The Hall–Kier alpha value is -1.23. The zero-order valence-electron chi connectivity index (χ0n) is 7.62. The van der Waals surface area contributed by atoms with E-state index >= 15 is 0 Å². The Bertz CT molecular complexity index is 163. The number of hydrogen-bond acceptors (Lipinski definition) is 4. The van der Waals surface area contributed by atoms with E-state index in [9.17, 15) is 14.0 Å². The summed E-state index contributed by atoms with van der Waals surface area (Å²) in [5.74, 6) is -1.13. The molecule has 1 N–H and O–H groups in total. The molecule has 12 heavy (non-hydrogen) atoms. The first-order valence-corrected chi connectivity index (χ1v) is 2.87. The number of aliphatic hydroxyl groups excluding tert-OH is 1. The minimum absolute atomic E-state index is 0.523. The number of ether oxygens (including phenoxy) is 1. The van der Waals surface area contributed by atoms with E-state index in [0.29, 0.717) is 0 Å². The van der Waals surface area contributed by atoms with Crippen LogP contribution < -0.4 is 0 Å². The summed E-state index contributed by atoms with van der Waals surface area (Å²) in [6.45, 7) is -0.590. The van der Waals surface area contributed by atoms with Crippen LogP contribution in [0.2, 0.25) is 0 Å². The molecular formula is C7H11FO4. The summed E-state index contributed by atoms with van der Waals surface area (Å²) in [6, 6.07) is 0. The van der Waals surface area contributed by atoms with E-state index in [1.165, 1.54) is 7.11 Å². The van der Waals surface area contributed by atoms with Gasteiger partial charge in [0.15, 0.2) is 5.78 Å². The van der Waals surface area contributed by atoms with E-state index in [1.807, 2.05) is 0 Å². The highest BCUT2D eigenvalue weighted by molar-refractivity contribution is 5.96. The van der Waals surface area contributed by atoms with E-state index in [2.05, 4.69) is 4.74 Å². The molecule has 0 radical (unpaired) electrons. The van der Waals surface area contributed by atoms with Crippen molar-refractivity contribution in [3.05, 3.63) is 12.2 Å². The number of methoxy groups -OCH3 is 1. The summed E-state index contributed by atoms with van der Waals surface area (Å²) < 4.78 is 19.7. The Kier molecular flexibility index (Phi) is 8.77. The number of alkyl halides is 1. The molecule has 0 aromatic heterocycles. The number of rotatable bonds is 3. The van der Waals surface area contributed by atoms with E-state index in [0.717, 1.165) is 12.2 Å². The van der Waals surface area contributed by atoms with Gasteiger partial charge in [0.25, 0.3) is 0 Å². The van der Waals surface area contributed by atoms with Crippen LogP contribution in [0, 0.1) is 0 Å². The molecule has 0 unspecified atom stereocenters. The first-order chi connectivity index (χ1) is 6.12. The summed E-state index contributed by atoms with van der Waals surface area (Å²) in [4.78, 5) is 20.6. The summed E-state index contributed by atoms with van der Waals surface area (Å²) in [6.07, 6.45) is 1.92. The van der Waals surface area contributed by atoms with Crippen LogP contribution in [0.3, 0.4) is 0 Å². The van der Waals surface area contributed by atoms with Gasteiger partial charge in [0.05, 0.1) is 15.6 Å². The van der Waals surface area contributed by atoms with Crippen molar-refractivity contribution in [3.8, 4) is 0 Å². The van der Waals surface area contributed by atoms with Crippen molar-refractivity contribution >= 4 is 11.8 Å². The van der Waals surface area contributed by atoms with Crippen molar-refractivity contribution in [1.82, 2.24) is 0 Å². The van der Waals surface area contributed by atoms with Gasteiger partial charge in [-0.05, 0) is 6.08 Å². The first-order valence-electron chi connectivity index (χ1n) is 3.58. The second-order valence-corrected chi connectivity index (χ2v) is 1.48. The molecule has 0 spiro atoms. The van der Waals surface area contributed by atoms with Gasteiger partial charge in [-0.2, -0.15) is 0 Å². The van der Waals surface area contributed by atoms with Gasteiger partial charge < -0.3 is 9.84 Å². The standard InChI is InChI=1S/C6H8O4.CH3F/c1-10-6(9)3-2-5(8)4-7;1-2/h2-3,7H,4H2,1H3;1H3/b3-2+;/i;1D. The number of carbonyl (C=O) groups excluding carboxylic acids is 2. The molecular weight excluding hydrogens is 167 g/mol. The minimum Gasteiger partial charge on any atom is -0.466 e. The van der Waals surface area contributed by atoms with Crippen LogP contribution in [0.15, 0.2) is 12.2 Å². The van der Waals surface area contributed by atoms with Gasteiger partial charge in [-0.25, -0.2) is 4.79 Å². The monoisotopic (exact) mass is 179 g/mol. The second kappa shape index (κ2) is 9.77. The van der Waals surface area contributed by atoms with Crippen LogP contribution in [0.5, 0.6) is 0 Å². The van der Waals surface area contributed by atoms with Gasteiger partial charge in [-0.1, -0.05) is 0 Å². The summed E-state index contributed by atoms with van der Waals surface area (Å²) in [7, 11) is 0.204. The quantitative estimate of drug-likeness (QED) is 0.484. The molecule has 0 fully saturated rings. The third-order valence-electron chi connectivity index (χ3n) is 0.762. The van der Waals surface area contributed by atoms with Crippen LogP contribution in [0.1, 0.15) is 1.37 Å². The highest BCUT2D eigenvalue weighted by Gasteiger charge is 1.94. The van der Waals surface area contributed by atoms with Gasteiger partial charge in [-0.15, -0.1) is 0 Å². The fourth-order valence-electron chi connectivity index (χ4n) is 0.282. The largest absolute Gasteiger partial charge is 0.466 e. The SMILES string of the molecule is COC(=O)/C=C/C(=O)CO.[2H]CF. The molecule has 0 aromatic carbocycles. The van der Waals surface area contributed by atoms with Crippen LogP contribution in [0.25, 0.3) is 0 Å². The predicted molar refractivity (Wildman–Crippen MR) is 40.3 cm³/mol. The lowest BCUT2D eigenvalue weighted by molar-refractivity contribution is -0.135. The van der Waals surface area contributed by atoms with Gasteiger partial charge in [0, 0.05) is 6.08 Å². The lowest BCUT2D eigenvalue weighted by Crippen LogP contribution is -2.01. The first kappa shape index (κ1) is 10.8. The van der Waals surface area contributed by atoms with Crippen molar-refractivity contribution in [2.45, 2.75) is 0 Å². The molecule has 0 aliphatic rings. The zero-order chi connectivity index (χ0) is 10.7. The van der Waals surface area contributed by atoms with E-state index in [4.69, 9.17) is 6.48 Å². The predicted octanol–water partition coefficient (Wildman–Crippen LogP) is -0.137. The summed E-state index contributed by atoms with van der Waals surface area (Å²) in [5.41, 5.74) is 0.